The average Bonchev–Trinajstić information content (AvgIpc) is 3.01. The Bertz CT molecular complexity index is 1070. The van der Waals surface area contributed by atoms with Crippen molar-refractivity contribution in [3.63, 3.8) is 0 Å². The molecule has 0 saturated carbocycles. The van der Waals surface area contributed by atoms with E-state index in [1.54, 1.807) is 0 Å². The van der Waals surface area contributed by atoms with E-state index in [0.29, 0.717) is 6.61 Å². The zero-order chi connectivity index (χ0) is 18.8. The van der Waals surface area contributed by atoms with Gasteiger partial charge in [0.2, 0.25) is 0 Å². The number of aryl methyl sites for hydroxylation is 2. The van der Waals surface area contributed by atoms with Crippen LogP contribution in [0.2, 0.25) is 0 Å². The van der Waals surface area contributed by atoms with Crippen LogP contribution in [0.25, 0.3) is 16.9 Å². The molecule has 0 aliphatic carbocycles. The minimum atomic E-state index is 0.659. The van der Waals surface area contributed by atoms with Crippen molar-refractivity contribution in [3.05, 3.63) is 71.9 Å². The quantitative estimate of drug-likeness (QED) is 0.536. The lowest BCUT2D eigenvalue weighted by atomic mass is 10.1. The van der Waals surface area contributed by atoms with Crippen molar-refractivity contribution in [2.24, 2.45) is 0 Å². The summed E-state index contributed by atoms with van der Waals surface area (Å²) < 4.78 is 7.39. The van der Waals surface area contributed by atoms with Gasteiger partial charge in [0, 0.05) is 28.6 Å². The van der Waals surface area contributed by atoms with Gasteiger partial charge in [-0.15, -0.1) is 0 Å². The summed E-state index contributed by atoms with van der Waals surface area (Å²) in [6.45, 7) is 6.70. The van der Waals surface area contributed by atoms with Gasteiger partial charge in [-0.2, -0.15) is 9.61 Å². The fraction of sp³-hybridized carbons (Fsp3) is 0.182. The van der Waals surface area contributed by atoms with Crippen LogP contribution in [0, 0.1) is 13.8 Å². The summed E-state index contributed by atoms with van der Waals surface area (Å²) in [7, 11) is 0. The Kier molecular flexibility index (Phi) is 4.50. The first-order valence-corrected chi connectivity index (χ1v) is 9.08. The molecule has 0 bridgehead atoms. The number of hydrogen-bond acceptors (Lipinski definition) is 4. The van der Waals surface area contributed by atoms with Gasteiger partial charge < -0.3 is 10.1 Å². The molecule has 2 aromatic heterocycles. The Hall–Kier alpha value is -3.34. The SMILES string of the molecule is CCOc1ccc(Nc2cc(C)nc3c(C)c(-c4ccccc4)nn23)cc1. The lowest BCUT2D eigenvalue weighted by Crippen LogP contribution is -2.02. The number of nitrogens with zero attached hydrogens (tertiary/aromatic N) is 3. The predicted molar refractivity (Wildman–Crippen MR) is 109 cm³/mol. The molecule has 2 heterocycles. The molecule has 27 heavy (non-hydrogen) atoms. The third-order valence-corrected chi connectivity index (χ3v) is 4.43. The Labute approximate surface area is 158 Å². The highest BCUT2D eigenvalue weighted by molar-refractivity contribution is 5.72. The first-order valence-electron chi connectivity index (χ1n) is 9.08. The first-order chi connectivity index (χ1) is 13.2. The van der Waals surface area contributed by atoms with E-state index >= 15 is 0 Å². The number of benzene rings is 2. The van der Waals surface area contributed by atoms with Gasteiger partial charge in [-0.1, -0.05) is 30.3 Å². The largest absolute Gasteiger partial charge is 0.494 e. The number of fused-ring (bicyclic) bond motifs is 1. The second kappa shape index (κ2) is 7.11. The normalized spacial score (nSPS) is 10.9. The van der Waals surface area contributed by atoms with Crippen LogP contribution in [0.3, 0.4) is 0 Å². The smallest absolute Gasteiger partial charge is 0.161 e. The monoisotopic (exact) mass is 358 g/mol. The second-order valence-electron chi connectivity index (χ2n) is 6.44. The van der Waals surface area contributed by atoms with E-state index in [1.807, 2.05) is 66.9 Å². The Balaban J connectivity index is 1.76. The summed E-state index contributed by atoms with van der Waals surface area (Å²) in [5.74, 6) is 1.74. The van der Waals surface area contributed by atoms with Crippen LogP contribution in [0.5, 0.6) is 5.75 Å². The molecule has 1 N–H and O–H groups in total. The predicted octanol–water partition coefficient (Wildman–Crippen LogP) is 5.16. The highest BCUT2D eigenvalue weighted by Gasteiger charge is 2.15. The van der Waals surface area contributed by atoms with E-state index in [0.717, 1.165) is 45.4 Å². The highest BCUT2D eigenvalue weighted by Crippen LogP contribution is 2.28. The van der Waals surface area contributed by atoms with Crippen LogP contribution in [-0.2, 0) is 0 Å². The average molecular weight is 358 g/mol. The van der Waals surface area contributed by atoms with Crippen molar-refractivity contribution in [2.75, 3.05) is 11.9 Å². The van der Waals surface area contributed by atoms with E-state index in [2.05, 4.69) is 24.4 Å². The van der Waals surface area contributed by atoms with Gasteiger partial charge >= 0.3 is 0 Å². The molecule has 0 fully saturated rings. The van der Waals surface area contributed by atoms with Crippen molar-refractivity contribution >= 4 is 17.2 Å². The van der Waals surface area contributed by atoms with E-state index in [1.165, 1.54) is 0 Å². The van der Waals surface area contributed by atoms with Gasteiger partial charge in [-0.05, 0) is 45.0 Å². The van der Waals surface area contributed by atoms with Gasteiger partial charge in [-0.25, -0.2) is 4.98 Å². The summed E-state index contributed by atoms with van der Waals surface area (Å²) >= 11 is 0. The lowest BCUT2D eigenvalue weighted by Gasteiger charge is -2.10. The van der Waals surface area contributed by atoms with E-state index in [4.69, 9.17) is 14.8 Å². The van der Waals surface area contributed by atoms with Gasteiger partial charge in [0.1, 0.15) is 11.6 Å². The number of nitrogens with one attached hydrogen (secondary N) is 1. The van der Waals surface area contributed by atoms with Gasteiger partial charge in [-0.3, -0.25) is 0 Å². The molecule has 136 valence electrons. The Morgan fingerprint density at radius 1 is 1.00 bits per heavy atom. The zero-order valence-electron chi connectivity index (χ0n) is 15.7. The van der Waals surface area contributed by atoms with Crippen LogP contribution in [0.1, 0.15) is 18.2 Å². The minimum absolute atomic E-state index is 0.659. The molecule has 5 nitrogen and oxygen atoms in total. The van der Waals surface area contributed by atoms with Crippen LogP contribution >= 0.6 is 0 Å². The number of hydrogen-bond donors (Lipinski definition) is 1. The number of aromatic nitrogens is 3. The summed E-state index contributed by atoms with van der Waals surface area (Å²) in [4.78, 5) is 4.70. The zero-order valence-corrected chi connectivity index (χ0v) is 15.7. The summed E-state index contributed by atoms with van der Waals surface area (Å²) in [6.07, 6.45) is 0. The highest BCUT2D eigenvalue weighted by atomic mass is 16.5. The molecule has 0 atom stereocenters. The summed E-state index contributed by atoms with van der Waals surface area (Å²) in [6, 6.07) is 20.1. The Morgan fingerprint density at radius 3 is 2.44 bits per heavy atom. The third kappa shape index (κ3) is 3.36. The molecule has 0 spiro atoms. The maximum atomic E-state index is 5.51. The number of ether oxygens (including phenoxy) is 1. The molecule has 0 saturated heterocycles. The van der Waals surface area contributed by atoms with Crippen molar-refractivity contribution < 1.29 is 4.74 Å². The van der Waals surface area contributed by atoms with Crippen LogP contribution in [0.15, 0.2) is 60.7 Å². The molecule has 4 aromatic rings. The molecule has 0 aliphatic rings. The molecule has 0 radical (unpaired) electrons. The number of rotatable bonds is 5. The first kappa shape index (κ1) is 17.1. The van der Waals surface area contributed by atoms with E-state index in [9.17, 15) is 0 Å². The molecule has 0 aliphatic heterocycles. The standard InChI is InChI=1S/C22H22N4O/c1-4-27-19-12-10-18(11-13-19)24-20-14-15(2)23-22-16(3)21(25-26(20)22)17-8-6-5-7-9-17/h5-14,24H,4H2,1-3H3. The summed E-state index contributed by atoms with van der Waals surface area (Å²) in [5.41, 5.74) is 5.88. The van der Waals surface area contributed by atoms with Gasteiger partial charge in [0.25, 0.3) is 0 Å². The van der Waals surface area contributed by atoms with Crippen molar-refractivity contribution in [1.82, 2.24) is 14.6 Å². The maximum absolute atomic E-state index is 5.51. The summed E-state index contributed by atoms with van der Waals surface area (Å²) in [5, 5.41) is 8.29. The van der Waals surface area contributed by atoms with Crippen molar-refractivity contribution in [1.29, 1.82) is 0 Å². The minimum Gasteiger partial charge on any atom is -0.494 e. The maximum Gasteiger partial charge on any atom is 0.161 e. The van der Waals surface area contributed by atoms with Crippen LogP contribution in [0.4, 0.5) is 11.5 Å². The van der Waals surface area contributed by atoms with Gasteiger partial charge in [0.15, 0.2) is 5.65 Å². The molecular weight excluding hydrogens is 336 g/mol. The van der Waals surface area contributed by atoms with E-state index < -0.39 is 0 Å². The van der Waals surface area contributed by atoms with Crippen molar-refractivity contribution in [2.45, 2.75) is 20.8 Å². The molecule has 4 rings (SSSR count). The van der Waals surface area contributed by atoms with E-state index in [-0.39, 0.29) is 0 Å². The Morgan fingerprint density at radius 2 is 1.74 bits per heavy atom. The third-order valence-electron chi connectivity index (χ3n) is 4.43. The lowest BCUT2D eigenvalue weighted by molar-refractivity contribution is 0.340. The molecule has 0 amide bonds. The molecule has 5 heteroatoms. The van der Waals surface area contributed by atoms with Crippen LogP contribution < -0.4 is 10.1 Å². The topological polar surface area (TPSA) is 51.5 Å². The van der Waals surface area contributed by atoms with Crippen LogP contribution in [-0.4, -0.2) is 21.2 Å². The second-order valence-corrected chi connectivity index (χ2v) is 6.44. The molecular formula is C22H22N4O. The molecule has 0 unspecified atom stereocenters. The van der Waals surface area contributed by atoms with Gasteiger partial charge in [0.05, 0.1) is 12.3 Å². The fourth-order valence-corrected chi connectivity index (χ4v) is 3.15. The van der Waals surface area contributed by atoms with Crippen molar-refractivity contribution in [3.8, 4) is 17.0 Å². The number of anilines is 2. The molecule has 2 aromatic carbocycles. The fourth-order valence-electron chi connectivity index (χ4n) is 3.15.